The average Bonchev–Trinajstić information content (AvgIpc) is 2.65. The third-order valence-electron chi connectivity index (χ3n) is 2.17. The van der Waals surface area contributed by atoms with Gasteiger partial charge in [0.1, 0.15) is 0 Å². The van der Waals surface area contributed by atoms with E-state index in [2.05, 4.69) is 15.3 Å². The van der Waals surface area contributed by atoms with Crippen molar-refractivity contribution in [3.05, 3.63) is 11.8 Å². The summed E-state index contributed by atoms with van der Waals surface area (Å²) in [5, 5.41) is 6.01. The van der Waals surface area contributed by atoms with Gasteiger partial charge in [0.2, 0.25) is 0 Å². The van der Waals surface area contributed by atoms with Crippen LogP contribution in [0.5, 0.6) is 0 Å². The van der Waals surface area contributed by atoms with Crippen LogP contribution in [0.4, 0.5) is 0 Å². The summed E-state index contributed by atoms with van der Waals surface area (Å²) >= 11 is 0. The second-order valence-electron chi connectivity index (χ2n) is 4.81. The second kappa shape index (κ2) is 4.29. The highest BCUT2D eigenvalue weighted by Crippen LogP contribution is 2.03. The number of nitrogens with zero attached hydrogens (tertiary/aromatic N) is 4. The van der Waals surface area contributed by atoms with Gasteiger partial charge in [-0.15, -0.1) is 0 Å². The third kappa shape index (κ3) is 2.85. The molecule has 0 saturated carbocycles. The quantitative estimate of drug-likeness (QED) is 0.588. The summed E-state index contributed by atoms with van der Waals surface area (Å²) in [6, 6.07) is 0. The summed E-state index contributed by atoms with van der Waals surface area (Å²) in [4.78, 5) is 6.10. The molecule has 6 nitrogen and oxygen atoms in total. The average molecular weight is 226 g/mol. The van der Waals surface area contributed by atoms with Gasteiger partial charge in [0.15, 0.2) is 0 Å². The lowest BCUT2D eigenvalue weighted by Gasteiger charge is -2.26. The molecule has 0 amide bonds. The predicted molar refractivity (Wildman–Crippen MR) is 56.3 cm³/mol. The van der Waals surface area contributed by atoms with Crippen LogP contribution in [0.15, 0.2) is 15.7 Å². The lowest BCUT2D eigenvalue weighted by molar-refractivity contribution is -0.765. The van der Waals surface area contributed by atoms with Crippen LogP contribution in [0.2, 0.25) is 0 Å². The molecule has 90 valence electrons. The molecule has 1 aromatic heterocycles. The van der Waals surface area contributed by atoms with Crippen molar-refractivity contribution < 1.29 is 14.1 Å². The number of morpholine rings is 1. The fourth-order valence-corrected chi connectivity index (χ4v) is 1.50. The Labute approximate surface area is 94.4 Å². The van der Waals surface area contributed by atoms with Crippen molar-refractivity contribution in [2.75, 3.05) is 31.3 Å². The van der Waals surface area contributed by atoms with E-state index in [4.69, 9.17) is 9.26 Å². The summed E-state index contributed by atoms with van der Waals surface area (Å²) < 4.78 is 10.4. The summed E-state index contributed by atoms with van der Waals surface area (Å²) in [6.07, 6.45) is 1.80. The van der Waals surface area contributed by atoms with Crippen LogP contribution in [-0.4, -0.2) is 31.8 Å². The molecule has 0 bridgehead atoms. The van der Waals surface area contributed by atoms with Crippen molar-refractivity contribution in [2.24, 2.45) is 4.99 Å². The maximum atomic E-state index is 5.27. The van der Waals surface area contributed by atoms with Crippen molar-refractivity contribution in [1.29, 1.82) is 0 Å². The van der Waals surface area contributed by atoms with E-state index in [1.54, 1.807) is 11.0 Å². The molecule has 1 saturated heterocycles. The first kappa shape index (κ1) is 11.2. The molecule has 16 heavy (non-hydrogen) atoms. The van der Waals surface area contributed by atoms with Crippen molar-refractivity contribution in [3.8, 4) is 0 Å². The van der Waals surface area contributed by atoms with E-state index in [1.165, 1.54) is 0 Å². The smallest absolute Gasteiger partial charge is 0.289 e. The molecule has 1 fully saturated rings. The molecule has 0 atom stereocenters. The molecule has 2 rings (SSSR count). The zero-order chi connectivity index (χ0) is 11.6. The Morgan fingerprint density at radius 3 is 2.69 bits per heavy atom. The van der Waals surface area contributed by atoms with E-state index < -0.39 is 0 Å². The summed E-state index contributed by atoms with van der Waals surface area (Å²) in [7, 11) is 0. The van der Waals surface area contributed by atoms with Crippen molar-refractivity contribution in [2.45, 2.75) is 26.3 Å². The zero-order valence-electron chi connectivity index (χ0n) is 10.0. The van der Waals surface area contributed by atoms with Crippen LogP contribution < -0.4 is 20.6 Å². The Morgan fingerprint density at radius 2 is 2.06 bits per heavy atom. The van der Waals surface area contributed by atoms with Gasteiger partial charge in [-0.25, -0.2) is 4.99 Å². The molecule has 1 aromatic rings. The molecule has 1 aliphatic heterocycles. The summed E-state index contributed by atoms with van der Waals surface area (Å²) in [5.74, 6) is 0. The van der Waals surface area contributed by atoms with E-state index in [0.717, 1.165) is 26.3 Å². The Hall–Kier alpha value is -1.30. The number of hydrogen-bond acceptors (Lipinski definition) is 4. The fraction of sp³-hybridized carbons (Fsp3) is 0.800. The van der Waals surface area contributed by atoms with Gasteiger partial charge in [0, 0.05) is 13.1 Å². The number of aromatic nitrogens is 2. The largest absolute Gasteiger partial charge is 0.381 e. The van der Waals surface area contributed by atoms with Gasteiger partial charge in [0.05, 0.1) is 18.8 Å². The van der Waals surface area contributed by atoms with E-state index in [9.17, 15) is 0 Å². The minimum Gasteiger partial charge on any atom is -0.381 e. The van der Waals surface area contributed by atoms with Crippen molar-refractivity contribution in [3.63, 3.8) is 0 Å². The highest BCUT2D eigenvalue weighted by molar-refractivity contribution is 4.74. The van der Waals surface area contributed by atoms with Gasteiger partial charge in [0.25, 0.3) is 11.8 Å². The number of hydrogen-bond donors (Lipinski definition) is 0. The molecule has 0 unspecified atom stereocenters. The fourth-order valence-electron chi connectivity index (χ4n) is 1.50. The molecule has 0 spiro atoms. The van der Waals surface area contributed by atoms with Gasteiger partial charge in [-0.2, -0.15) is 0 Å². The zero-order valence-corrected chi connectivity index (χ0v) is 10.0. The Bertz CT molecular complexity index is 395. The van der Waals surface area contributed by atoms with Crippen LogP contribution in [-0.2, 0) is 4.74 Å². The lowest BCUT2D eigenvalue weighted by atomic mass is 10.1. The number of rotatable bonds is 1. The maximum absolute atomic E-state index is 5.27. The Balaban J connectivity index is 2.15. The monoisotopic (exact) mass is 226 g/mol. The number of ether oxygens (including phenoxy) is 1. The third-order valence-corrected chi connectivity index (χ3v) is 2.17. The highest BCUT2D eigenvalue weighted by atomic mass is 16.5. The van der Waals surface area contributed by atoms with Gasteiger partial charge >= 0.3 is 0 Å². The minimum absolute atomic E-state index is 0.150. The molecule has 2 heterocycles. The SMILES string of the molecule is CC(C)(C)N=c1c[n+](N2CCOCC2)[n-]o1. The van der Waals surface area contributed by atoms with Crippen LogP contribution in [0.25, 0.3) is 0 Å². The molecular weight excluding hydrogens is 208 g/mol. The molecule has 0 aliphatic carbocycles. The first-order chi connectivity index (χ1) is 7.54. The van der Waals surface area contributed by atoms with Crippen LogP contribution in [0.3, 0.4) is 0 Å². The van der Waals surface area contributed by atoms with Gasteiger partial charge in [-0.1, -0.05) is 4.79 Å². The van der Waals surface area contributed by atoms with Crippen molar-refractivity contribution in [1.82, 2.24) is 5.27 Å². The van der Waals surface area contributed by atoms with E-state index in [1.807, 2.05) is 20.8 Å². The highest BCUT2D eigenvalue weighted by Gasteiger charge is 2.14. The molecule has 0 radical (unpaired) electrons. The Kier molecular flexibility index (Phi) is 3.00. The molecule has 0 N–H and O–H groups in total. The molecule has 1 aliphatic rings. The first-order valence-electron chi connectivity index (χ1n) is 5.49. The molecule has 6 heteroatoms. The van der Waals surface area contributed by atoms with Crippen LogP contribution >= 0.6 is 0 Å². The standard InChI is InChI=1S/C10H18N4O2/c1-10(2,3)11-9-8-14(12-16-9)13-4-6-15-7-5-13/h8H,4-7H2,1-3H3. The van der Waals surface area contributed by atoms with Gasteiger partial charge in [-0.3, -0.25) is 5.01 Å². The Morgan fingerprint density at radius 1 is 1.38 bits per heavy atom. The van der Waals surface area contributed by atoms with Crippen LogP contribution in [0, 0.1) is 0 Å². The minimum atomic E-state index is -0.150. The summed E-state index contributed by atoms with van der Waals surface area (Å²) in [5.41, 5.74) is 0.404. The van der Waals surface area contributed by atoms with Crippen LogP contribution in [0.1, 0.15) is 20.8 Å². The molecule has 0 aromatic carbocycles. The van der Waals surface area contributed by atoms with Gasteiger partial charge in [-0.05, 0) is 26.0 Å². The summed E-state index contributed by atoms with van der Waals surface area (Å²) in [6.45, 7) is 9.17. The van der Waals surface area contributed by atoms with Gasteiger partial charge < -0.3 is 9.26 Å². The first-order valence-corrected chi connectivity index (χ1v) is 5.49. The van der Waals surface area contributed by atoms with Crippen molar-refractivity contribution >= 4 is 0 Å². The second-order valence-corrected chi connectivity index (χ2v) is 4.81. The topological polar surface area (TPSA) is 56.0 Å². The molecular formula is C10H18N4O2. The maximum Gasteiger partial charge on any atom is 0.289 e. The normalized spacial score (nSPS) is 19.2. The van der Waals surface area contributed by atoms with E-state index in [0.29, 0.717) is 5.55 Å². The van der Waals surface area contributed by atoms with E-state index in [-0.39, 0.29) is 5.54 Å². The lowest BCUT2D eigenvalue weighted by Crippen LogP contribution is -2.63. The van der Waals surface area contributed by atoms with E-state index >= 15 is 0 Å². The predicted octanol–water partition coefficient (Wildman–Crippen LogP) is -0.808.